The number of carbonyl (C=O) groups is 1. The molecule has 1 atom stereocenters. The highest BCUT2D eigenvalue weighted by atomic mass is 16.3. The second-order valence-corrected chi connectivity index (χ2v) is 7.29. The van der Waals surface area contributed by atoms with Gasteiger partial charge in [0.05, 0.1) is 6.10 Å². The van der Waals surface area contributed by atoms with E-state index in [2.05, 4.69) is 34.3 Å². The number of nitrogens with one attached hydrogen (secondary N) is 1. The maximum Gasteiger partial charge on any atom is 0.317 e. The Hall–Kier alpha value is -1.63. The van der Waals surface area contributed by atoms with Crippen molar-refractivity contribution in [3.8, 4) is 0 Å². The number of aliphatic hydroxyl groups is 1. The van der Waals surface area contributed by atoms with E-state index in [4.69, 9.17) is 0 Å². The number of carbonyl (C=O) groups excluding carboxylic acids is 1. The number of amides is 2. The Morgan fingerprint density at radius 3 is 2.60 bits per heavy atom. The summed E-state index contributed by atoms with van der Waals surface area (Å²) < 4.78 is 0. The Morgan fingerprint density at radius 1 is 1.24 bits per heavy atom. The quantitative estimate of drug-likeness (QED) is 0.772. The predicted molar refractivity (Wildman–Crippen MR) is 98.3 cm³/mol. The number of aliphatic hydroxyl groups excluding tert-OH is 1. The highest BCUT2D eigenvalue weighted by Gasteiger charge is 2.31. The molecule has 2 aliphatic rings. The molecule has 6 heteroatoms. The smallest absolute Gasteiger partial charge is 0.317 e. The van der Waals surface area contributed by atoms with Crippen LogP contribution in [0.1, 0.15) is 18.4 Å². The normalized spacial score (nSPS) is 20.9. The zero-order chi connectivity index (χ0) is 17.6. The van der Waals surface area contributed by atoms with Crippen LogP contribution in [0.3, 0.4) is 0 Å². The summed E-state index contributed by atoms with van der Waals surface area (Å²) in [5.74, 6) is 0. The van der Waals surface area contributed by atoms with Crippen molar-refractivity contribution in [1.82, 2.24) is 20.0 Å². The minimum absolute atomic E-state index is 0.0843. The second-order valence-electron chi connectivity index (χ2n) is 7.29. The molecule has 138 valence electrons. The van der Waals surface area contributed by atoms with Crippen molar-refractivity contribution in [2.24, 2.45) is 0 Å². The van der Waals surface area contributed by atoms with E-state index in [1.54, 1.807) is 0 Å². The molecule has 1 aromatic carbocycles. The maximum atomic E-state index is 11.8. The zero-order valence-electron chi connectivity index (χ0n) is 15.1. The number of likely N-dealkylation sites (tertiary alicyclic amines) is 1. The van der Waals surface area contributed by atoms with Gasteiger partial charge in [-0.3, -0.25) is 4.90 Å². The van der Waals surface area contributed by atoms with Crippen LogP contribution in [-0.2, 0) is 6.54 Å². The molecule has 0 spiro atoms. The lowest BCUT2D eigenvalue weighted by molar-refractivity contribution is 0.0595. The van der Waals surface area contributed by atoms with Crippen LogP contribution in [0.4, 0.5) is 4.79 Å². The number of hydrogen-bond acceptors (Lipinski definition) is 4. The molecule has 25 heavy (non-hydrogen) atoms. The van der Waals surface area contributed by atoms with Gasteiger partial charge in [-0.2, -0.15) is 0 Å². The lowest BCUT2D eigenvalue weighted by Crippen LogP contribution is -2.48. The SMILES string of the molecule is CN(Cc1ccccc1)C[C@H](O)CN1CCC(N2CCNC2=O)CC1. The number of nitrogens with zero attached hydrogens (tertiary/aromatic N) is 3. The summed E-state index contributed by atoms with van der Waals surface area (Å²) in [5, 5.41) is 13.3. The fourth-order valence-corrected chi connectivity index (χ4v) is 3.92. The maximum absolute atomic E-state index is 11.8. The van der Waals surface area contributed by atoms with Gasteiger partial charge in [0, 0.05) is 51.9 Å². The Balaban J connectivity index is 1.37. The van der Waals surface area contributed by atoms with Gasteiger partial charge in [-0.1, -0.05) is 30.3 Å². The number of β-amino-alcohol motifs (C(OH)–C–C–N with tert-alkyl or cyclic N) is 1. The third kappa shape index (κ3) is 5.17. The third-order valence-electron chi connectivity index (χ3n) is 5.17. The Labute approximate surface area is 150 Å². The van der Waals surface area contributed by atoms with E-state index >= 15 is 0 Å². The molecular formula is C19H30N4O2. The van der Waals surface area contributed by atoms with E-state index in [-0.39, 0.29) is 12.1 Å². The van der Waals surface area contributed by atoms with E-state index in [1.165, 1.54) is 5.56 Å². The average molecular weight is 346 g/mol. The minimum Gasteiger partial charge on any atom is -0.390 e. The minimum atomic E-state index is -0.347. The molecule has 0 saturated carbocycles. The van der Waals surface area contributed by atoms with Crippen LogP contribution >= 0.6 is 0 Å². The molecule has 0 unspecified atom stereocenters. The molecule has 2 fully saturated rings. The molecule has 2 aliphatic heterocycles. The van der Waals surface area contributed by atoms with Gasteiger partial charge in [-0.15, -0.1) is 0 Å². The van der Waals surface area contributed by atoms with Crippen LogP contribution in [0.5, 0.6) is 0 Å². The van der Waals surface area contributed by atoms with E-state index in [0.717, 1.165) is 45.6 Å². The molecule has 2 saturated heterocycles. The summed E-state index contributed by atoms with van der Waals surface area (Å²) in [6.45, 7) is 5.73. The molecule has 2 N–H and O–H groups in total. The monoisotopic (exact) mass is 346 g/mol. The molecule has 0 aromatic heterocycles. The van der Waals surface area contributed by atoms with Crippen molar-refractivity contribution < 1.29 is 9.90 Å². The lowest BCUT2D eigenvalue weighted by Gasteiger charge is -2.37. The largest absolute Gasteiger partial charge is 0.390 e. The Morgan fingerprint density at radius 2 is 1.96 bits per heavy atom. The molecule has 2 amide bonds. The van der Waals surface area contributed by atoms with Crippen molar-refractivity contribution in [3.63, 3.8) is 0 Å². The summed E-state index contributed by atoms with van der Waals surface area (Å²) >= 11 is 0. The van der Waals surface area contributed by atoms with Gasteiger partial charge in [0.1, 0.15) is 0 Å². The Bertz CT molecular complexity index is 546. The van der Waals surface area contributed by atoms with Crippen molar-refractivity contribution in [3.05, 3.63) is 35.9 Å². The molecule has 0 aliphatic carbocycles. The fourth-order valence-electron chi connectivity index (χ4n) is 3.92. The standard InChI is InChI=1S/C19H30N4O2/c1-21(13-16-5-3-2-4-6-16)14-18(24)15-22-10-7-17(8-11-22)23-12-9-20-19(23)25/h2-6,17-18,24H,7-15H2,1H3,(H,20,25)/t18-/m0/s1. The van der Waals surface area contributed by atoms with Crippen LogP contribution in [0, 0.1) is 0 Å². The van der Waals surface area contributed by atoms with E-state index in [1.807, 2.05) is 23.1 Å². The predicted octanol–water partition coefficient (Wildman–Crippen LogP) is 0.969. The average Bonchev–Trinajstić information content (AvgIpc) is 3.02. The molecular weight excluding hydrogens is 316 g/mol. The van der Waals surface area contributed by atoms with Crippen molar-refractivity contribution >= 4 is 6.03 Å². The van der Waals surface area contributed by atoms with Crippen LogP contribution < -0.4 is 5.32 Å². The van der Waals surface area contributed by atoms with E-state index in [9.17, 15) is 9.90 Å². The molecule has 1 aromatic rings. The highest BCUT2D eigenvalue weighted by Crippen LogP contribution is 2.18. The van der Waals surface area contributed by atoms with Gasteiger partial charge < -0.3 is 20.2 Å². The van der Waals surface area contributed by atoms with Crippen molar-refractivity contribution in [1.29, 1.82) is 0 Å². The first-order chi connectivity index (χ1) is 12.1. The van der Waals surface area contributed by atoms with Crippen LogP contribution in [-0.4, -0.2) is 84.3 Å². The molecule has 3 rings (SSSR count). The van der Waals surface area contributed by atoms with Gasteiger partial charge in [0.2, 0.25) is 0 Å². The first-order valence-electron chi connectivity index (χ1n) is 9.29. The van der Waals surface area contributed by atoms with Crippen LogP contribution in [0.2, 0.25) is 0 Å². The van der Waals surface area contributed by atoms with Gasteiger partial charge in [-0.05, 0) is 25.5 Å². The topological polar surface area (TPSA) is 59.1 Å². The van der Waals surface area contributed by atoms with Crippen LogP contribution in [0.25, 0.3) is 0 Å². The summed E-state index contributed by atoms with van der Waals surface area (Å²) in [6, 6.07) is 10.8. The summed E-state index contributed by atoms with van der Waals surface area (Å²) in [6.07, 6.45) is 1.65. The van der Waals surface area contributed by atoms with Gasteiger partial charge >= 0.3 is 6.03 Å². The molecule has 0 radical (unpaired) electrons. The summed E-state index contributed by atoms with van der Waals surface area (Å²) in [7, 11) is 2.05. The van der Waals surface area contributed by atoms with Gasteiger partial charge in [0.15, 0.2) is 0 Å². The first kappa shape index (κ1) is 18.2. The van der Waals surface area contributed by atoms with Crippen molar-refractivity contribution in [2.45, 2.75) is 31.5 Å². The number of piperidine rings is 1. The number of benzene rings is 1. The number of urea groups is 1. The van der Waals surface area contributed by atoms with Crippen molar-refractivity contribution in [2.75, 3.05) is 46.3 Å². The fraction of sp³-hybridized carbons (Fsp3) is 0.632. The van der Waals surface area contributed by atoms with Crippen LogP contribution in [0.15, 0.2) is 30.3 Å². The summed E-state index contributed by atoms with van der Waals surface area (Å²) in [4.78, 5) is 18.2. The van der Waals surface area contributed by atoms with Gasteiger partial charge in [0.25, 0.3) is 0 Å². The molecule has 2 heterocycles. The number of likely N-dealkylation sites (N-methyl/N-ethyl adjacent to an activating group) is 1. The molecule has 6 nitrogen and oxygen atoms in total. The zero-order valence-corrected chi connectivity index (χ0v) is 15.1. The number of rotatable bonds is 7. The highest BCUT2D eigenvalue weighted by molar-refractivity contribution is 5.76. The lowest BCUT2D eigenvalue weighted by atomic mass is 10.0. The third-order valence-corrected chi connectivity index (χ3v) is 5.17. The number of hydrogen-bond donors (Lipinski definition) is 2. The molecule has 0 bridgehead atoms. The Kier molecular flexibility index (Phi) is 6.29. The van der Waals surface area contributed by atoms with Gasteiger partial charge in [-0.25, -0.2) is 4.79 Å². The van der Waals surface area contributed by atoms with E-state index in [0.29, 0.717) is 19.1 Å². The second kappa shape index (κ2) is 8.65. The first-order valence-corrected chi connectivity index (χ1v) is 9.29. The summed E-state index contributed by atoms with van der Waals surface area (Å²) in [5.41, 5.74) is 1.27. The van der Waals surface area contributed by atoms with E-state index < -0.39 is 0 Å².